The Hall–Kier alpha value is -0.870. The van der Waals surface area contributed by atoms with Crippen molar-refractivity contribution in [2.24, 2.45) is 0 Å². The van der Waals surface area contributed by atoms with Gasteiger partial charge in [-0.25, -0.2) is 0 Å². The summed E-state index contributed by atoms with van der Waals surface area (Å²) in [5.41, 5.74) is -0.0990. The van der Waals surface area contributed by atoms with Gasteiger partial charge in [-0.15, -0.1) is 11.3 Å². The highest BCUT2D eigenvalue weighted by molar-refractivity contribution is 7.10. The van der Waals surface area contributed by atoms with Crippen LogP contribution in [-0.2, 0) is 10.2 Å². The van der Waals surface area contributed by atoms with Crippen LogP contribution in [0.4, 0.5) is 0 Å². The molecule has 0 aromatic carbocycles. The lowest BCUT2D eigenvalue weighted by Crippen LogP contribution is -2.46. The molecule has 0 saturated carbocycles. The van der Waals surface area contributed by atoms with E-state index in [9.17, 15) is 4.79 Å². The summed E-state index contributed by atoms with van der Waals surface area (Å²) in [7, 11) is 0. The third kappa shape index (κ3) is 5.19. The van der Waals surface area contributed by atoms with Crippen molar-refractivity contribution < 1.29 is 4.79 Å². The molecule has 4 heteroatoms. The summed E-state index contributed by atoms with van der Waals surface area (Å²) in [4.78, 5) is 13.0. The van der Waals surface area contributed by atoms with Crippen molar-refractivity contribution in [1.29, 1.82) is 0 Å². The molecule has 2 N–H and O–H groups in total. The number of hydrogen-bond donors (Lipinski definition) is 2. The van der Waals surface area contributed by atoms with E-state index < -0.39 is 0 Å². The van der Waals surface area contributed by atoms with Crippen LogP contribution >= 0.6 is 11.3 Å². The lowest BCUT2D eigenvalue weighted by Gasteiger charge is -2.25. The van der Waals surface area contributed by atoms with Crippen LogP contribution < -0.4 is 10.6 Å². The van der Waals surface area contributed by atoms with Crippen LogP contribution in [0.2, 0.25) is 0 Å². The van der Waals surface area contributed by atoms with E-state index >= 15 is 0 Å². The minimum Gasteiger partial charge on any atom is -0.350 e. The average Bonchev–Trinajstić information content (AvgIpc) is 2.66. The number of amides is 1. The van der Waals surface area contributed by atoms with E-state index in [-0.39, 0.29) is 16.9 Å². The van der Waals surface area contributed by atoms with E-state index in [4.69, 9.17) is 0 Å². The van der Waals surface area contributed by atoms with Crippen molar-refractivity contribution in [3.63, 3.8) is 0 Å². The van der Waals surface area contributed by atoms with Crippen LogP contribution in [0.15, 0.2) is 17.5 Å². The smallest absolute Gasteiger partial charge is 0.234 e. The largest absolute Gasteiger partial charge is 0.350 e. The van der Waals surface area contributed by atoms with Crippen LogP contribution in [0.5, 0.6) is 0 Å². The first-order valence-corrected chi connectivity index (χ1v) is 7.14. The van der Waals surface area contributed by atoms with E-state index in [1.807, 2.05) is 20.8 Å². The Bertz CT molecular complexity index is 377. The molecule has 0 fully saturated rings. The predicted octanol–water partition coefficient (Wildman–Crippen LogP) is 2.53. The topological polar surface area (TPSA) is 41.1 Å². The van der Waals surface area contributed by atoms with Gasteiger partial charge in [0.05, 0.1) is 6.54 Å². The van der Waals surface area contributed by atoms with Gasteiger partial charge < -0.3 is 10.6 Å². The highest BCUT2D eigenvalue weighted by Crippen LogP contribution is 2.26. The summed E-state index contributed by atoms with van der Waals surface area (Å²) in [5, 5.41) is 8.26. The van der Waals surface area contributed by atoms with Gasteiger partial charge in [-0.2, -0.15) is 0 Å². The summed E-state index contributed by atoms with van der Waals surface area (Å²) in [6.07, 6.45) is 0. The molecule has 1 rings (SSSR count). The fourth-order valence-corrected chi connectivity index (χ4v) is 2.55. The number of rotatable bonds is 5. The molecule has 102 valence electrons. The molecule has 1 heterocycles. The van der Waals surface area contributed by atoms with Crippen molar-refractivity contribution in [1.82, 2.24) is 10.6 Å². The molecule has 0 saturated heterocycles. The summed E-state index contributed by atoms with van der Waals surface area (Å²) in [6, 6.07) is 4.20. The molecule has 0 atom stereocenters. The van der Waals surface area contributed by atoms with Crippen molar-refractivity contribution >= 4 is 17.2 Å². The Labute approximate surface area is 114 Å². The summed E-state index contributed by atoms with van der Waals surface area (Å²) >= 11 is 1.76. The van der Waals surface area contributed by atoms with Crippen molar-refractivity contribution in [3.05, 3.63) is 22.4 Å². The minimum absolute atomic E-state index is 0.0458. The molecule has 0 unspecified atom stereocenters. The standard InChI is InChI=1S/C14H24N2OS/c1-13(2,3)16-12(17)9-15-10-14(4,5)11-7-6-8-18-11/h6-8,15H,9-10H2,1-5H3,(H,16,17). The number of hydrogen-bond acceptors (Lipinski definition) is 3. The van der Waals surface area contributed by atoms with Gasteiger partial charge in [0, 0.05) is 22.4 Å². The van der Waals surface area contributed by atoms with Crippen LogP contribution in [0.25, 0.3) is 0 Å². The van der Waals surface area contributed by atoms with Gasteiger partial charge in [-0.05, 0) is 32.2 Å². The Morgan fingerprint density at radius 3 is 2.44 bits per heavy atom. The molecule has 0 bridgehead atoms. The van der Waals surface area contributed by atoms with Crippen LogP contribution in [0.3, 0.4) is 0 Å². The van der Waals surface area contributed by atoms with Crippen LogP contribution in [0, 0.1) is 0 Å². The maximum atomic E-state index is 11.7. The van der Waals surface area contributed by atoms with Gasteiger partial charge in [0.2, 0.25) is 5.91 Å². The van der Waals surface area contributed by atoms with Crippen molar-refractivity contribution in [3.8, 4) is 0 Å². The highest BCUT2D eigenvalue weighted by Gasteiger charge is 2.21. The molecule has 1 amide bonds. The first-order valence-electron chi connectivity index (χ1n) is 6.26. The second-order valence-electron chi connectivity index (χ2n) is 6.26. The van der Waals surface area contributed by atoms with E-state index in [2.05, 4.69) is 42.0 Å². The average molecular weight is 268 g/mol. The number of carbonyl (C=O) groups is 1. The SMILES string of the molecule is CC(C)(C)NC(=O)CNCC(C)(C)c1cccs1. The highest BCUT2D eigenvalue weighted by atomic mass is 32.1. The predicted molar refractivity (Wildman–Crippen MR) is 78.1 cm³/mol. The third-order valence-electron chi connectivity index (χ3n) is 2.56. The molecule has 3 nitrogen and oxygen atoms in total. The zero-order valence-electron chi connectivity index (χ0n) is 12.0. The summed E-state index contributed by atoms with van der Waals surface area (Å²) < 4.78 is 0. The van der Waals surface area contributed by atoms with E-state index in [1.165, 1.54) is 4.88 Å². The Morgan fingerprint density at radius 1 is 1.28 bits per heavy atom. The fraction of sp³-hybridized carbons (Fsp3) is 0.643. The molecule has 0 aliphatic rings. The molecule has 0 aliphatic carbocycles. The number of thiophene rings is 1. The third-order valence-corrected chi connectivity index (χ3v) is 3.79. The zero-order chi connectivity index (χ0) is 13.8. The van der Waals surface area contributed by atoms with Crippen molar-refractivity contribution in [2.45, 2.75) is 45.6 Å². The first kappa shape index (κ1) is 15.2. The van der Waals surface area contributed by atoms with E-state index in [0.717, 1.165) is 6.54 Å². The quantitative estimate of drug-likeness (QED) is 0.861. The minimum atomic E-state index is -0.165. The summed E-state index contributed by atoms with van der Waals surface area (Å²) in [6.45, 7) is 11.5. The number of carbonyl (C=O) groups excluding carboxylic acids is 1. The molecule has 1 aromatic rings. The van der Waals surface area contributed by atoms with Gasteiger partial charge in [-0.3, -0.25) is 4.79 Å². The number of nitrogens with one attached hydrogen (secondary N) is 2. The van der Waals surface area contributed by atoms with E-state index in [1.54, 1.807) is 11.3 Å². The lowest BCUT2D eigenvalue weighted by atomic mass is 9.91. The second-order valence-corrected chi connectivity index (χ2v) is 7.21. The molecule has 0 radical (unpaired) electrons. The molecule has 18 heavy (non-hydrogen) atoms. The molecular formula is C14H24N2OS. The fourth-order valence-electron chi connectivity index (χ4n) is 1.70. The van der Waals surface area contributed by atoms with Gasteiger partial charge in [0.15, 0.2) is 0 Å². The summed E-state index contributed by atoms with van der Waals surface area (Å²) in [5.74, 6) is 0.0458. The van der Waals surface area contributed by atoms with Gasteiger partial charge >= 0.3 is 0 Å². The Morgan fingerprint density at radius 2 is 1.94 bits per heavy atom. The van der Waals surface area contributed by atoms with Crippen LogP contribution in [-0.4, -0.2) is 24.5 Å². The zero-order valence-corrected chi connectivity index (χ0v) is 12.8. The second kappa shape index (κ2) is 5.85. The van der Waals surface area contributed by atoms with Crippen molar-refractivity contribution in [2.75, 3.05) is 13.1 Å². The molecule has 0 spiro atoms. The lowest BCUT2D eigenvalue weighted by molar-refractivity contribution is -0.121. The molecule has 0 aliphatic heterocycles. The van der Waals surface area contributed by atoms with Gasteiger partial charge in [0.1, 0.15) is 0 Å². The van der Waals surface area contributed by atoms with E-state index in [0.29, 0.717) is 6.54 Å². The monoisotopic (exact) mass is 268 g/mol. The maximum Gasteiger partial charge on any atom is 0.234 e. The Balaban J connectivity index is 2.36. The van der Waals surface area contributed by atoms with Crippen LogP contribution in [0.1, 0.15) is 39.5 Å². The molecular weight excluding hydrogens is 244 g/mol. The normalized spacial score (nSPS) is 12.5. The maximum absolute atomic E-state index is 11.7. The van der Waals surface area contributed by atoms with Gasteiger partial charge in [0.25, 0.3) is 0 Å². The first-order chi connectivity index (χ1) is 8.21. The molecule has 1 aromatic heterocycles. The van der Waals surface area contributed by atoms with Gasteiger partial charge in [-0.1, -0.05) is 19.9 Å². The Kier molecular flexibility index (Phi) is 4.93.